The van der Waals surface area contributed by atoms with Gasteiger partial charge in [0, 0.05) is 0 Å². The summed E-state index contributed by atoms with van der Waals surface area (Å²) in [6, 6.07) is 6.34. The first-order valence-electron chi connectivity index (χ1n) is 3.08. The normalized spacial score (nSPS) is 10.7. The third-order valence-corrected chi connectivity index (χ3v) is 1.48. The number of hydrogen-bond donors (Lipinski definition) is 0. The largest absolute Gasteiger partial charge is 0.252 e. The lowest BCUT2D eigenvalue weighted by atomic mass is 10.3. The Hall–Kier alpha value is -1.45. The highest BCUT2D eigenvalue weighted by Gasteiger charge is 2.07. The standard InChI is InChI=1S/C7H4F2N2/c8-7-5-3-1-2-4-6(5)10-11(7)9/h1-4H. The topological polar surface area (TPSA) is 17.8 Å². The fourth-order valence-electron chi connectivity index (χ4n) is 0.973. The molecule has 0 saturated heterocycles. The van der Waals surface area contributed by atoms with E-state index in [1.54, 1.807) is 18.2 Å². The highest BCUT2D eigenvalue weighted by Crippen LogP contribution is 2.15. The summed E-state index contributed by atoms with van der Waals surface area (Å²) in [6.07, 6.45) is 0. The lowest BCUT2D eigenvalue weighted by Gasteiger charge is -1.82. The van der Waals surface area contributed by atoms with Gasteiger partial charge in [-0.25, -0.2) is 0 Å². The fourth-order valence-corrected chi connectivity index (χ4v) is 0.973. The average molecular weight is 154 g/mol. The van der Waals surface area contributed by atoms with Crippen molar-refractivity contribution in [3.8, 4) is 0 Å². The minimum atomic E-state index is -0.944. The molecule has 4 heteroatoms. The van der Waals surface area contributed by atoms with Gasteiger partial charge in [0.2, 0.25) is 0 Å². The molecule has 0 fully saturated rings. The molecular formula is C7H4F2N2. The second kappa shape index (κ2) is 2.02. The van der Waals surface area contributed by atoms with Crippen molar-refractivity contribution >= 4 is 10.9 Å². The van der Waals surface area contributed by atoms with E-state index in [1.807, 2.05) is 0 Å². The molecule has 1 heterocycles. The summed E-state index contributed by atoms with van der Waals surface area (Å²) in [7, 11) is 0. The number of rotatable bonds is 0. The Morgan fingerprint density at radius 1 is 1.27 bits per heavy atom. The zero-order valence-electron chi connectivity index (χ0n) is 5.46. The van der Waals surface area contributed by atoms with Crippen LogP contribution < -0.4 is 0 Å². The Morgan fingerprint density at radius 2 is 2.00 bits per heavy atom. The minimum Gasteiger partial charge on any atom is -0.182 e. The van der Waals surface area contributed by atoms with Crippen LogP contribution in [-0.4, -0.2) is 10.0 Å². The Kier molecular flexibility index (Phi) is 1.15. The molecule has 2 aromatic rings. The molecule has 0 saturated carbocycles. The number of fused-ring (bicyclic) bond motifs is 1. The Labute approximate surface area is 61.0 Å². The molecule has 56 valence electrons. The van der Waals surface area contributed by atoms with Gasteiger partial charge in [0.25, 0.3) is 5.95 Å². The molecule has 0 spiro atoms. The van der Waals surface area contributed by atoms with Gasteiger partial charge in [0.1, 0.15) is 0 Å². The lowest BCUT2D eigenvalue weighted by molar-refractivity contribution is 0.259. The number of aromatic nitrogens is 2. The van der Waals surface area contributed by atoms with E-state index in [1.165, 1.54) is 6.07 Å². The van der Waals surface area contributed by atoms with Gasteiger partial charge >= 0.3 is 0 Å². The summed E-state index contributed by atoms with van der Waals surface area (Å²) < 4.78 is 25.0. The molecule has 2 nitrogen and oxygen atoms in total. The van der Waals surface area contributed by atoms with Crippen molar-refractivity contribution in [1.82, 2.24) is 10.0 Å². The van der Waals surface area contributed by atoms with Gasteiger partial charge in [-0.1, -0.05) is 21.5 Å². The quantitative estimate of drug-likeness (QED) is 0.566. The molecule has 0 aliphatic heterocycles. The Morgan fingerprint density at radius 3 is 2.73 bits per heavy atom. The van der Waals surface area contributed by atoms with E-state index in [2.05, 4.69) is 5.10 Å². The fraction of sp³-hybridized carbons (Fsp3) is 0. The SMILES string of the molecule is Fc1c2ccccc2nn1F. The van der Waals surface area contributed by atoms with E-state index >= 15 is 0 Å². The summed E-state index contributed by atoms with van der Waals surface area (Å²) in [5.74, 6) is -0.944. The number of hydrogen-bond acceptors (Lipinski definition) is 1. The molecule has 11 heavy (non-hydrogen) atoms. The van der Waals surface area contributed by atoms with Gasteiger partial charge in [-0.05, 0) is 12.1 Å². The summed E-state index contributed by atoms with van der Waals surface area (Å²) in [6.45, 7) is 0. The van der Waals surface area contributed by atoms with Crippen molar-refractivity contribution < 1.29 is 8.87 Å². The molecule has 0 unspecified atom stereocenters. The Balaban J connectivity index is 2.92. The first-order chi connectivity index (χ1) is 5.29. The minimum absolute atomic E-state index is 0.204. The van der Waals surface area contributed by atoms with Crippen molar-refractivity contribution in [3.63, 3.8) is 0 Å². The van der Waals surface area contributed by atoms with E-state index < -0.39 is 5.95 Å². The first kappa shape index (κ1) is 6.27. The predicted octanol–water partition coefficient (Wildman–Crippen LogP) is 1.91. The van der Waals surface area contributed by atoms with Gasteiger partial charge in [-0.3, -0.25) is 0 Å². The van der Waals surface area contributed by atoms with Crippen molar-refractivity contribution in [2.45, 2.75) is 0 Å². The predicted molar refractivity (Wildman–Crippen MR) is 36.2 cm³/mol. The maximum atomic E-state index is 12.7. The third-order valence-electron chi connectivity index (χ3n) is 1.48. The van der Waals surface area contributed by atoms with Crippen LogP contribution >= 0.6 is 0 Å². The van der Waals surface area contributed by atoms with Gasteiger partial charge in [0.05, 0.1) is 10.9 Å². The monoisotopic (exact) mass is 154 g/mol. The average Bonchev–Trinajstić information content (AvgIpc) is 2.30. The highest BCUT2D eigenvalue weighted by atomic mass is 19.2. The highest BCUT2D eigenvalue weighted by molar-refractivity contribution is 5.78. The summed E-state index contributed by atoms with van der Waals surface area (Å²) in [5, 5.41) is 3.49. The molecule has 0 bridgehead atoms. The number of benzene rings is 1. The summed E-state index contributed by atoms with van der Waals surface area (Å²) in [4.78, 5) is -0.259. The van der Waals surface area contributed by atoms with Gasteiger partial charge in [0.15, 0.2) is 0 Å². The summed E-state index contributed by atoms with van der Waals surface area (Å²) in [5.41, 5.74) is 0.326. The van der Waals surface area contributed by atoms with Crippen LogP contribution in [0.4, 0.5) is 8.87 Å². The van der Waals surface area contributed by atoms with Crippen molar-refractivity contribution in [1.29, 1.82) is 0 Å². The molecule has 0 atom stereocenters. The van der Waals surface area contributed by atoms with Crippen LogP contribution in [0.3, 0.4) is 0 Å². The van der Waals surface area contributed by atoms with E-state index in [-0.39, 0.29) is 10.3 Å². The van der Waals surface area contributed by atoms with E-state index in [4.69, 9.17) is 0 Å². The number of nitrogens with zero attached hydrogens (tertiary/aromatic N) is 2. The second-order valence-corrected chi connectivity index (χ2v) is 2.17. The Bertz CT molecular complexity index is 394. The zero-order valence-corrected chi connectivity index (χ0v) is 5.46. The second-order valence-electron chi connectivity index (χ2n) is 2.17. The van der Waals surface area contributed by atoms with Crippen molar-refractivity contribution in [3.05, 3.63) is 30.2 Å². The van der Waals surface area contributed by atoms with E-state index in [9.17, 15) is 8.87 Å². The van der Waals surface area contributed by atoms with Crippen LogP contribution in [0.15, 0.2) is 24.3 Å². The van der Waals surface area contributed by atoms with Crippen LogP contribution in [0.5, 0.6) is 0 Å². The van der Waals surface area contributed by atoms with E-state index in [0.717, 1.165) is 0 Å². The molecule has 0 radical (unpaired) electrons. The molecule has 0 N–H and O–H groups in total. The molecule has 1 aromatic carbocycles. The maximum absolute atomic E-state index is 12.7. The molecule has 0 amide bonds. The number of halogens is 2. The lowest BCUT2D eigenvalue weighted by Crippen LogP contribution is -1.86. The van der Waals surface area contributed by atoms with Crippen molar-refractivity contribution in [2.75, 3.05) is 0 Å². The molecule has 2 rings (SSSR count). The van der Waals surface area contributed by atoms with Gasteiger partial charge < -0.3 is 0 Å². The van der Waals surface area contributed by atoms with Crippen LogP contribution in [0, 0.1) is 5.95 Å². The smallest absolute Gasteiger partial charge is 0.182 e. The van der Waals surface area contributed by atoms with Crippen LogP contribution in [0.1, 0.15) is 0 Å². The van der Waals surface area contributed by atoms with Crippen LogP contribution in [0.2, 0.25) is 0 Å². The van der Waals surface area contributed by atoms with Crippen molar-refractivity contribution in [2.24, 2.45) is 0 Å². The first-order valence-corrected chi connectivity index (χ1v) is 3.08. The molecule has 1 aromatic heterocycles. The van der Waals surface area contributed by atoms with Crippen LogP contribution in [-0.2, 0) is 0 Å². The van der Waals surface area contributed by atoms with Gasteiger partial charge in [-0.2, -0.15) is 4.39 Å². The molecule has 0 aliphatic rings. The van der Waals surface area contributed by atoms with E-state index in [0.29, 0.717) is 5.52 Å². The zero-order chi connectivity index (χ0) is 7.84. The third kappa shape index (κ3) is 0.790. The van der Waals surface area contributed by atoms with Crippen LogP contribution in [0.25, 0.3) is 10.9 Å². The van der Waals surface area contributed by atoms with Gasteiger partial charge in [-0.15, -0.1) is 5.10 Å². The maximum Gasteiger partial charge on any atom is 0.252 e. The molecule has 0 aliphatic carbocycles. The molecular weight excluding hydrogens is 150 g/mol. The summed E-state index contributed by atoms with van der Waals surface area (Å²) >= 11 is 0.